The van der Waals surface area contributed by atoms with Crippen LogP contribution >= 0.6 is 23.4 Å². The van der Waals surface area contributed by atoms with Gasteiger partial charge in [-0.15, -0.1) is 4.90 Å². The van der Waals surface area contributed by atoms with Gasteiger partial charge in [0.1, 0.15) is 12.2 Å². The van der Waals surface area contributed by atoms with Crippen LogP contribution in [0.5, 0.6) is 0 Å². The van der Waals surface area contributed by atoms with Gasteiger partial charge in [0, 0.05) is 5.02 Å². The van der Waals surface area contributed by atoms with Gasteiger partial charge in [-0.3, -0.25) is 0 Å². The Kier molecular flexibility index (Phi) is 5.03. The van der Waals surface area contributed by atoms with E-state index in [2.05, 4.69) is 12.1 Å². The number of amides is 3. The molecule has 0 bridgehead atoms. The summed E-state index contributed by atoms with van der Waals surface area (Å²) in [6.07, 6.45) is 4.18. The zero-order chi connectivity index (χ0) is 20.8. The number of imide groups is 1. The Labute approximate surface area is 185 Å². The molecule has 0 N–H and O–H groups in total. The molecule has 2 aromatic carbocycles. The van der Waals surface area contributed by atoms with E-state index in [4.69, 9.17) is 11.6 Å². The first kappa shape index (κ1) is 19.6. The van der Waals surface area contributed by atoms with Gasteiger partial charge >= 0.3 is 11.9 Å². The number of rotatable bonds is 3. The number of carbonyl (C=O) groups is 2. The fraction of sp³-hybridized carbons (Fsp3) is 0.292. The number of hydrogen-bond acceptors (Lipinski definition) is 3. The Morgan fingerprint density at radius 3 is 2.47 bits per heavy atom. The van der Waals surface area contributed by atoms with E-state index < -0.39 is 0 Å². The maximum atomic E-state index is 13.6. The van der Waals surface area contributed by atoms with E-state index in [1.165, 1.54) is 20.9 Å². The summed E-state index contributed by atoms with van der Waals surface area (Å²) in [4.78, 5) is 29.8. The molecule has 0 saturated carbocycles. The van der Waals surface area contributed by atoms with Crippen molar-refractivity contribution in [2.45, 2.75) is 39.2 Å². The van der Waals surface area contributed by atoms with E-state index in [1.807, 2.05) is 19.1 Å². The van der Waals surface area contributed by atoms with Crippen LogP contribution in [0, 0.1) is 12.8 Å². The molecule has 0 radical (unpaired) electrons. The van der Waals surface area contributed by atoms with Crippen LogP contribution in [0.2, 0.25) is 5.02 Å². The Morgan fingerprint density at radius 2 is 1.73 bits per heavy atom. The van der Waals surface area contributed by atoms with Crippen molar-refractivity contribution in [2.75, 3.05) is 4.90 Å². The summed E-state index contributed by atoms with van der Waals surface area (Å²) >= 11 is 7.69. The topological polar surface area (TPSA) is 40.4 Å². The van der Waals surface area contributed by atoms with Crippen molar-refractivity contribution in [2.24, 2.45) is 5.92 Å². The largest absolute Gasteiger partial charge is 0.506 e. The van der Waals surface area contributed by atoms with Gasteiger partial charge in [-0.2, -0.15) is 9.37 Å². The predicted molar refractivity (Wildman–Crippen MR) is 121 cm³/mol. The number of nitrogens with zero attached hydrogens (tertiary/aromatic N) is 2. The minimum atomic E-state index is -0.343. The van der Waals surface area contributed by atoms with Crippen molar-refractivity contribution in [3.05, 3.63) is 75.2 Å². The van der Waals surface area contributed by atoms with Gasteiger partial charge in [0.2, 0.25) is 0 Å². The molecule has 30 heavy (non-hydrogen) atoms. The molecular formula is C24H22ClN2O2S+. The molecule has 3 amide bonds. The number of thioether (sulfide) groups is 1. The van der Waals surface area contributed by atoms with Gasteiger partial charge in [0.15, 0.2) is 11.0 Å². The third-order valence-corrected chi connectivity index (χ3v) is 7.61. The number of hydrogen-bond donors (Lipinski definition) is 0. The fourth-order valence-electron chi connectivity index (χ4n) is 4.41. The van der Waals surface area contributed by atoms with Gasteiger partial charge < -0.3 is 0 Å². The maximum Gasteiger partial charge on any atom is 0.506 e. The first-order chi connectivity index (χ1) is 14.5. The monoisotopic (exact) mass is 437 g/mol. The third kappa shape index (κ3) is 3.30. The molecule has 5 rings (SSSR count). The van der Waals surface area contributed by atoms with Gasteiger partial charge in [0.25, 0.3) is 0 Å². The average molecular weight is 438 g/mol. The standard InChI is InChI=1S/C24H22ClN2O2S/c1-15-6-8-16(9-7-15)14-26-23-21(19-4-2-3-5-20(19)30-23)22(28)27(24(26)29)18-12-10-17(25)11-13-18/h6-13,21H,2-5,14H2,1H3/q+1. The van der Waals surface area contributed by atoms with Gasteiger partial charge in [0.05, 0.1) is 0 Å². The summed E-state index contributed by atoms with van der Waals surface area (Å²) in [6, 6.07) is 14.8. The van der Waals surface area contributed by atoms with Crippen LogP contribution in [0.15, 0.2) is 59.0 Å². The maximum absolute atomic E-state index is 13.6. The van der Waals surface area contributed by atoms with Crippen molar-refractivity contribution < 1.29 is 14.2 Å². The lowest BCUT2D eigenvalue weighted by molar-refractivity contribution is -0.443. The zero-order valence-corrected chi connectivity index (χ0v) is 18.3. The molecule has 1 aliphatic carbocycles. The Morgan fingerprint density at radius 1 is 1.03 bits per heavy atom. The number of urea groups is 1. The highest BCUT2D eigenvalue weighted by Crippen LogP contribution is 2.48. The summed E-state index contributed by atoms with van der Waals surface area (Å²) in [5, 5.41) is 1.45. The second-order valence-corrected chi connectivity index (χ2v) is 9.58. The lowest BCUT2D eigenvalue weighted by Crippen LogP contribution is -2.53. The molecule has 0 fully saturated rings. The number of halogens is 1. The van der Waals surface area contributed by atoms with E-state index >= 15 is 0 Å². The molecule has 3 aliphatic rings. The zero-order valence-electron chi connectivity index (χ0n) is 16.7. The second-order valence-electron chi connectivity index (χ2n) is 8.03. The summed E-state index contributed by atoms with van der Waals surface area (Å²) in [5.74, 6) is -0.485. The Hall–Kier alpha value is -2.37. The van der Waals surface area contributed by atoms with Crippen LogP contribution in [-0.2, 0) is 11.3 Å². The lowest BCUT2D eigenvalue weighted by Gasteiger charge is -2.26. The molecule has 0 spiro atoms. The summed E-state index contributed by atoms with van der Waals surface area (Å²) in [5.41, 5.74) is 4.01. The van der Waals surface area contributed by atoms with E-state index in [-0.39, 0.29) is 17.9 Å². The number of carbonyl (C=O) groups excluding carboxylic acids is 2. The van der Waals surface area contributed by atoms with Crippen LogP contribution in [0.3, 0.4) is 0 Å². The molecule has 1 unspecified atom stereocenters. The van der Waals surface area contributed by atoms with Crippen molar-refractivity contribution >= 4 is 46.0 Å². The molecule has 4 nitrogen and oxygen atoms in total. The lowest BCUT2D eigenvalue weighted by atomic mass is 9.88. The van der Waals surface area contributed by atoms with Crippen LogP contribution in [0.4, 0.5) is 10.5 Å². The highest BCUT2D eigenvalue weighted by Gasteiger charge is 2.54. The summed E-state index contributed by atoms with van der Waals surface area (Å²) in [7, 11) is 0. The second kappa shape index (κ2) is 7.71. The molecular weight excluding hydrogens is 416 g/mol. The number of fused-ring (bicyclic) bond motifs is 2. The fourth-order valence-corrected chi connectivity index (χ4v) is 6.00. The molecule has 6 heteroatoms. The van der Waals surface area contributed by atoms with Crippen LogP contribution in [-0.4, -0.2) is 21.6 Å². The SMILES string of the molecule is Cc1ccc(C[N+]2=C3SC4=C(CCCC4)C3C(=O)N(c3ccc(Cl)cc3)C2=O)cc1. The minimum absolute atomic E-state index is 0.142. The van der Waals surface area contributed by atoms with Crippen LogP contribution in [0.25, 0.3) is 0 Å². The molecule has 1 atom stereocenters. The minimum Gasteiger partial charge on any atom is -0.245 e. The average Bonchev–Trinajstić information content (AvgIpc) is 3.13. The molecule has 2 heterocycles. The normalized spacial score (nSPS) is 21.3. The van der Waals surface area contributed by atoms with Crippen LogP contribution in [0.1, 0.15) is 36.8 Å². The summed E-state index contributed by atoms with van der Waals surface area (Å²) in [6.45, 7) is 2.50. The van der Waals surface area contributed by atoms with E-state index in [9.17, 15) is 9.59 Å². The van der Waals surface area contributed by atoms with Gasteiger partial charge in [-0.1, -0.05) is 53.2 Å². The smallest absolute Gasteiger partial charge is 0.245 e. The first-order valence-corrected chi connectivity index (χ1v) is 11.5. The molecule has 0 saturated heterocycles. The molecule has 2 aromatic rings. The van der Waals surface area contributed by atoms with Gasteiger partial charge in [-0.25, -0.2) is 4.79 Å². The van der Waals surface area contributed by atoms with Crippen molar-refractivity contribution in [3.8, 4) is 0 Å². The van der Waals surface area contributed by atoms with Crippen LogP contribution < -0.4 is 4.90 Å². The predicted octanol–water partition coefficient (Wildman–Crippen LogP) is 5.92. The number of allylic oxidation sites excluding steroid dienone is 1. The van der Waals surface area contributed by atoms with Crippen molar-refractivity contribution in [3.63, 3.8) is 0 Å². The highest BCUT2D eigenvalue weighted by atomic mass is 35.5. The third-order valence-electron chi connectivity index (χ3n) is 5.98. The number of aryl methyl sites for hydroxylation is 1. The number of benzene rings is 2. The van der Waals surface area contributed by atoms with E-state index in [0.717, 1.165) is 36.3 Å². The van der Waals surface area contributed by atoms with Crippen molar-refractivity contribution in [1.29, 1.82) is 0 Å². The summed E-state index contributed by atoms with van der Waals surface area (Å²) < 4.78 is 1.80. The molecule has 152 valence electrons. The molecule has 0 aromatic heterocycles. The van der Waals surface area contributed by atoms with E-state index in [0.29, 0.717) is 17.3 Å². The Bertz CT molecular complexity index is 1100. The number of anilines is 1. The Balaban J connectivity index is 1.61. The first-order valence-electron chi connectivity index (χ1n) is 10.3. The quantitative estimate of drug-likeness (QED) is 0.560. The van der Waals surface area contributed by atoms with Gasteiger partial charge in [-0.05, 0) is 72.9 Å². The van der Waals surface area contributed by atoms with Crippen molar-refractivity contribution in [1.82, 2.24) is 0 Å². The van der Waals surface area contributed by atoms with E-state index in [1.54, 1.807) is 40.6 Å². The highest BCUT2D eigenvalue weighted by molar-refractivity contribution is 8.17. The molecule has 2 aliphatic heterocycles.